The summed E-state index contributed by atoms with van der Waals surface area (Å²) in [6, 6.07) is 16.5. The molecule has 4 rings (SSSR count). The number of carbonyl (C=O) groups excluding carboxylic acids is 3. The predicted molar refractivity (Wildman–Crippen MR) is 127 cm³/mol. The fourth-order valence-corrected chi connectivity index (χ4v) is 4.19. The first-order valence-corrected chi connectivity index (χ1v) is 11.1. The van der Waals surface area contributed by atoms with E-state index in [1.54, 1.807) is 12.1 Å². The smallest absolute Gasteiger partial charge is 0.335 e. The van der Waals surface area contributed by atoms with Crippen molar-refractivity contribution in [3.63, 3.8) is 0 Å². The summed E-state index contributed by atoms with van der Waals surface area (Å²) in [6.45, 7) is 4.08. The number of nitrogens with zero attached hydrogens (tertiary/aromatic N) is 1. The van der Waals surface area contributed by atoms with Crippen molar-refractivity contribution in [1.82, 2.24) is 5.32 Å². The molecule has 1 heterocycles. The molecule has 0 fully saturated rings. The molecule has 0 atom stereocenters. The second-order valence-electron chi connectivity index (χ2n) is 8.03. The van der Waals surface area contributed by atoms with Crippen LogP contribution in [0.1, 0.15) is 72.0 Å². The number of hydrogen-bond donors (Lipinski definition) is 2. The molecular weight excluding hydrogens is 432 g/mol. The van der Waals surface area contributed by atoms with Gasteiger partial charge in [-0.05, 0) is 59.9 Å². The largest absolute Gasteiger partial charge is 0.478 e. The molecule has 3 aromatic rings. The number of anilines is 1. The predicted octanol–water partition coefficient (Wildman–Crippen LogP) is 4.24. The van der Waals surface area contributed by atoms with E-state index in [-0.39, 0.29) is 28.8 Å². The van der Waals surface area contributed by atoms with E-state index in [4.69, 9.17) is 5.11 Å². The summed E-state index contributed by atoms with van der Waals surface area (Å²) in [5, 5.41) is 11.9. The number of hydrogen-bond acceptors (Lipinski definition) is 4. The Kier molecular flexibility index (Phi) is 6.27. The minimum absolute atomic E-state index is 0.125. The third-order valence-electron chi connectivity index (χ3n) is 5.96. The first-order valence-electron chi connectivity index (χ1n) is 11.1. The van der Waals surface area contributed by atoms with Crippen molar-refractivity contribution in [2.24, 2.45) is 0 Å². The van der Waals surface area contributed by atoms with Crippen LogP contribution in [0.15, 0.2) is 60.7 Å². The Morgan fingerprint density at radius 2 is 1.47 bits per heavy atom. The van der Waals surface area contributed by atoms with Gasteiger partial charge in [-0.2, -0.15) is 0 Å². The Morgan fingerprint density at radius 1 is 0.824 bits per heavy atom. The van der Waals surface area contributed by atoms with Gasteiger partial charge < -0.3 is 10.4 Å². The van der Waals surface area contributed by atoms with Crippen LogP contribution in [0.3, 0.4) is 0 Å². The molecule has 0 aliphatic carbocycles. The number of imide groups is 1. The molecule has 0 saturated heterocycles. The molecule has 0 saturated carbocycles. The molecule has 172 valence electrons. The van der Waals surface area contributed by atoms with E-state index in [2.05, 4.69) is 5.32 Å². The highest BCUT2D eigenvalue weighted by Gasteiger charge is 2.38. The van der Waals surface area contributed by atoms with Gasteiger partial charge in [-0.25, -0.2) is 9.69 Å². The molecule has 7 nitrogen and oxygen atoms in total. The van der Waals surface area contributed by atoms with Crippen LogP contribution >= 0.6 is 0 Å². The zero-order valence-electron chi connectivity index (χ0n) is 18.9. The zero-order chi connectivity index (χ0) is 24.4. The lowest BCUT2D eigenvalue weighted by molar-refractivity contribution is 0.0696. The van der Waals surface area contributed by atoms with Gasteiger partial charge in [0.1, 0.15) is 0 Å². The number of nitrogens with one attached hydrogen (secondary N) is 1. The van der Waals surface area contributed by atoms with Gasteiger partial charge in [0.2, 0.25) is 0 Å². The summed E-state index contributed by atoms with van der Waals surface area (Å²) in [4.78, 5) is 51.6. The fraction of sp³-hybridized carbons (Fsp3) is 0.185. The summed E-state index contributed by atoms with van der Waals surface area (Å²) in [7, 11) is 0. The molecular formula is C27H24N2O5. The number of carboxylic acids is 1. The number of aromatic carboxylic acids is 1. The van der Waals surface area contributed by atoms with Gasteiger partial charge in [0.25, 0.3) is 17.7 Å². The Morgan fingerprint density at radius 3 is 2.12 bits per heavy atom. The maximum absolute atomic E-state index is 13.3. The van der Waals surface area contributed by atoms with E-state index in [9.17, 15) is 19.2 Å². The number of carbonyl (C=O) groups is 4. The number of amides is 3. The number of carboxylic acid groups (broad SMARTS) is 1. The lowest BCUT2D eigenvalue weighted by Gasteiger charge is -2.21. The van der Waals surface area contributed by atoms with Crippen LogP contribution in [0.5, 0.6) is 0 Å². The van der Waals surface area contributed by atoms with Crippen LogP contribution < -0.4 is 10.2 Å². The van der Waals surface area contributed by atoms with Gasteiger partial charge in [0, 0.05) is 12.1 Å². The van der Waals surface area contributed by atoms with E-state index in [0.717, 1.165) is 11.1 Å². The molecule has 1 aliphatic heterocycles. The monoisotopic (exact) mass is 456 g/mol. The summed E-state index contributed by atoms with van der Waals surface area (Å²) < 4.78 is 0. The van der Waals surface area contributed by atoms with Crippen LogP contribution in [0.2, 0.25) is 0 Å². The summed E-state index contributed by atoms with van der Waals surface area (Å²) in [5.74, 6) is -2.31. The minimum atomic E-state index is -1.05. The van der Waals surface area contributed by atoms with Gasteiger partial charge in [-0.1, -0.05) is 44.2 Å². The highest BCUT2D eigenvalue weighted by atomic mass is 16.4. The van der Waals surface area contributed by atoms with Crippen LogP contribution in [0.25, 0.3) is 0 Å². The molecule has 1 aliphatic rings. The highest BCUT2D eigenvalue weighted by Crippen LogP contribution is 2.34. The third kappa shape index (κ3) is 4.08. The van der Waals surface area contributed by atoms with Crippen molar-refractivity contribution < 1.29 is 24.3 Å². The lowest BCUT2D eigenvalue weighted by Crippen LogP contribution is -2.31. The first-order chi connectivity index (χ1) is 16.3. The van der Waals surface area contributed by atoms with Gasteiger partial charge >= 0.3 is 5.97 Å². The molecule has 0 aromatic heterocycles. The maximum atomic E-state index is 13.3. The van der Waals surface area contributed by atoms with Gasteiger partial charge in [0.05, 0.1) is 22.4 Å². The Balaban J connectivity index is 1.59. The molecule has 2 N–H and O–H groups in total. The molecule has 0 unspecified atom stereocenters. The van der Waals surface area contributed by atoms with Crippen molar-refractivity contribution >= 4 is 29.4 Å². The van der Waals surface area contributed by atoms with E-state index in [1.807, 2.05) is 32.0 Å². The minimum Gasteiger partial charge on any atom is -0.478 e. The normalized spacial score (nSPS) is 12.6. The molecule has 0 bridgehead atoms. The van der Waals surface area contributed by atoms with Gasteiger partial charge in [-0.15, -0.1) is 0 Å². The fourth-order valence-electron chi connectivity index (χ4n) is 4.19. The van der Waals surface area contributed by atoms with E-state index < -0.39 is 23.7 Å². The van der Waals surface area contributed by atoms with Gasteiger partial charge in [0.15, 0.2) is 0 Å². The number of benzene rings is 3. The molecule has 0 spiro atoms. The second kappa shape index (κ2) is 9.31. The van der Waals surface area contributed by atoms with Crippen molar-refractivity contribution in [2.45, 2.75) is 33.2 Å². The molecule has 3 aromatic carbocycles. The maximum Gasteiger partial charge on any atom is 0.335 e. The zero-order valence-corrected chi connectivity index (χ0v) is 18.9. The average molecular weight is 456 g/mol. The van der Waals surface area contributed by atoms with E-state index in [0.29, 0.717) is 24.1 Å². The third-order valence-corrected chi connectivity index (χ3v) is 5.96. The topological polar surface area (TPSA) is 104 Å². The molecule has 0 radical (unpaired) electrons. The standard InChI is InChI=1S/C27H24N2O5/c1-3-17-8-6-9-18(4-2)23(17)29-25(31)21-12-11-19(14-22(21)26(29)32)24(30)28-15-16-7-5-10-20(13-16)27(33)34/h5-14H,3-4,15H2,1-2H3,(H,28,30)(H,33,34). The van der Waals surface area contributed by atoms with Crippen LogP contribution in [-0.4, -0.2) is 28.8 Å². The van der Waals surface area contributed by atoms with Crippen LogP contribution in [0.4, 0.5) is 5.69 Å². The van der Waals surface area contributed by atoms with Gasteiger partial charge in [-0.3, -0.25) is 14.4 Å². The number of para-hydroxylation sites is 1. The second-order valence-corrected chi connectivity index (χ2v) is 8.03. The summed E-state index contributed by atoms with van der Waals surface area (Å²) in [5.41, 5.74) is 3.93. The quantitative estimate of drug-likeness (QED) is 0.518. The number of aryl methyl sites for hydroxylation is 2. The Hall–Kier alpha value is -4.26. The number of rotatable bonds is 7. The SMILES string of the molecule is CCc1cccc(CC)c1N1C(=O)c2ccc(C(=O)NCc3cccc(C(=O)O)c3)cc2C1=O. The van der Waals surface area contributed by atoms with Crippen molar-refractivity contribution in [3.8, 4) is 0 Å². The van der Waals surface area contributed by atoms with Crippen LogP contribution in [0, 0.1) is 0 Å². The first kappa shape index (κ1) is 22.9. The molecule has 3 amide bonds. The Labute approximate surface area is 197 Å². The Bertz CT molecular complexity index is 1310. The summed E-state index contributed by atoms with van der Waals surface area (Å²) >= 11 is 0. The van der Waals surface area contributed by atoms with Crippen molar-refractivity contribution in [3.05, 3.63) is 99.6 Å². The van der Waals surface area contributed by atoms with Crippen LogP contribution in [-0.2, 0) is 19.4 Å². The van der Waals surface area contributed by atoms with E-state index >= 15 is 0 Å². The molecule has 7 heteroatoms. The highest BCUT2D eigenvalue weighted by molar-refractivity contribution is 6.35. The van der Waals surface area contributed by atoms with Crippen molar-refractivity contribution in [2.75, 3.05) is 4.90 Å². The average Bonchev–Trinajstić information content (AvgIpc) is 3.10. The lowest BCUT2D eigenvalue weighted by atomic mass is 10.0. The van der Waals surface area contributed by atoms with E-state index in [1.165, 1.54) is 35.2 Å². The number of fused-ring (bicyclic) bond motifs is 1. The molecule has 34 heavy (non-hydrogen) atoms. The summed E-state index contributed by atoms with van der Waals surface area (Å²) in [6.07, 6.45) is 1.35. The van der Waals surface area contributed by atoms with Crippen molar-refractivity contribution in [1.29, 1.82) is 0 Å².